The number of hydrogen-bond acceptors (Lipinski definition) is 1. The molecule has 2 nitrogen and oxygen atoms in total. The second-order valence-electron chi connectivity index (χ2n) is 2.69. The third-order valence-corrected chi connectivity index (χ3v) is 2.39. The fourth-order valence-electron chi connectivity index (χ4n) is 1.25. The number of likely N-dealkylation sites (tertiary alicyclic amines) is 1. The van der Waals surface area contributed by atoms with Crippen molar-refractivity contribution in [3.63, 3.8) is 0 Å². The van der Waals surface area contributed by atoms with Gasteiger partial charge in [-0.25, -0.2) is 4.39 Å². The lowest BCUT2D eigenvalue weighted by atomic mass is 10.1. The highest BCUT2D eigenvalue weighted by Gasteiger charge is 2.22. The molecule has 4 heteroatoms. The summed E-state index contributed by atoms with van der Waals surface area (Å²) in [5.74, 6) is -0.356. The van der Waals surface area contributed by atoms with Crippen LogP contribution in [0.1, 0.15) is 19.3 Å². The summed E-state index contributed by atoms with van der Waals surface area (Å²) in [6, 6.07) is 0. The average molecular weight is 271 g/mol. The number of hydrogen-bond donors (Lipinski definition) is 0. The van der Waals surface area contributed by atoms with E-state index >= 15 is 0 Å². The average Bonchev–Trinajstić information content (AvgIpc) is 2.05. The minimum absolute atomic E-state index is 0.356. The quantitative estimate of drug-likeness (QED) is 0.525. The molecular formula is C7H11FINO. The predicted molar refractivity (Wildman–Crippen MR) is 49.3 cm³/mol. The Kier molecular flexibility index (Phi) is 3.54. The number of carbonyl (C=O) groups is 1. The van der Waals surface area contributed by atoms with Crippen LogP contribution in [0.2, 0.25) is 0 Å². The van der Waals surface area contributed by atoms with Crippen LogP contribution in [-0.2, 0) is 4.79 Å². The lowest BCUT2D eigenvalue weighted by Crippen LogP contribution is -2.38. The Hall–Kier alpha value is 0.130. The van der Waals surface area contributed by atoms with Gasteiger partial charge in [-0.2, -0.15) is 0 Å². The van der Waals surface area contributed by atoms with Gasteiger partial charge in [0.15, 0.2) is 0 Å². The minimum atomic E-state index is -1.36. The fraction of sp³-hybridized carbons (Fsp3) is 0.857. The topological polar surface area (TPSA) is 20.3 Å². The molecule has 0 N–H and O–H groups in total. The van der Waals surface area contributed by atoms with Gasteiger partial charge in [-0.3, -0.25) is 4.79 Å². The van der Waals surface area contributed by atoms with Crippen molar-refractivity contribution in [1.29, 1.82) is 0 Å². The Labute approximate surface area is 79.3 Å². The number of halogens is 2. The van der Waals surface area contributed by atoms with Crippen LogP contribution in [0.4, 0.5) is 4.39 Å². The van der Waals surface area contributed by atoms with Crippen LogP contribution in [-0.4, -0.2) is 28.1 Å². The van der Waals surface area contributed by atoms with Gasteiger partial charge in [-0.15, -0.1) is 0 Å². The molecule has 0 spiro atoms. The lowest BCUT2D eigenvalue weighted by Gasteiger charge is -2.26. The van der Waals surface area contributed by atoms with Gasteiger partial charge in [-0.05, 0) is 41.9 Å². The fourth-order valence-corrected chi connectivity index (χ4v) is 1.65. The molecule has 11 heavy (non-hydrogen) atoms. The molecule has 1 amide bonds. The molecule has 0 bridgehead atoms. The van der Waals surface area contributed by atoms with E-state index in [1.54, 1.807) is 4.90 Å². The first-order chi connectivity index (χ1) is 5.22. The van der Waals surface area contributed by atoms with Crippen molar-refractivity contribution in [1.82, 2.24) is 4.90 Å². The first-order valence-electron chi connectivity index (χ1n) is 3.79. The van der Waals surface area contributed by atoms with Gasteiger partial charge in [0.25, 0.3) is 5.91 Å². The van der Waals surface area contributed by atoms with Gasteiger partial charge >= 0.3 is 0 Å². The SMILES string of the molecule is O=C(C(F)I)N1CCCCC1. The highest BCUT2D eigenvalue weighted by atomic mass is 127. The van der Waals surface area contributed by atoms with Crippen molar-refractivity contribution in [2.45, 2.75) is 23.4 Å². The van der Waals surface area contributed by atoms with E-state index in [4.69, 9.17) is 0 Å². The molecule has 0 aromatic rings. The van der Waals surface area contributed by atoms with E-state index in [0.717, 1.165) is 25.9 Å². The van der Waals surface area contributed by atoms with Gasteiger partial charge in [0, 0.05) is 13.1 Å². The van der Waals surface area contributed by atoms with Crippen LogP contribution >= 0.6 is 22.6 Å². The Morgan fingerprint density at radius 1 is 1.36 bits per heavy atom. The van der Waals surface area contributed by atoms with Crippen LogP contribution < -0.4 is 0 Å². The van der Waals surface area contributed by atoms with Crippen molar-refractivity contribution in [2.24, 2.45) is 0 Å². The van der Waals surface area contributed by atoms with E-state index < -0.39 is 4.18 Å². The number of piperidine rings is 1. The van der Waals surface area contributed by atoms with Crippen LogP contribution in [0.25, 0.3) is 0 Å². The molecule has 1 heterocycles. The Morgan fingerprint density at radius 2 is 1.91 bits per heavy atom. The van der Waals surface area contributed by atoms with Crippen molar-refractivity contribution >= 4 is 28.5 Å². The summed E-state index contributed by atoms with van der Waals surface area (Å²) in [4.78, 5) is 12.7. The van der Waals surface area contributed by atoms with E-state index in [1.807, 2.05) is 0 Å². The Bertz CT molecular complexity index is 145. The molecule has 1 aliphatic heterocycles. The van der Waals surface area contributed by atoms with E-state index in [0.29, 0.717) is 0 Å². The van der Waals surface area contributed by atoms with E-state index in [2.05, 4.69) is 0 Å². The number of nitrogens with zero attached hydrogens (tertiary/aromatic N) is 1. The molecular weight excluding hydrogens is 260 g/mol. The maximum absolute atomic E-state index is 12.5. The monoisotopic (exact) mass is 271 g/mol. The predicted octanol–water partition coefficient (Wildman–Crippen LogP) is 1.73. The summed E-state index contributed by atoms with van der Waals surface area (Å²) >= 11 is 1.51. The summed E-state index contributed by atoms with van der Waals surface area (Å²) in [7, 11) is 0. The van der Waals surface area contributed by atoms with E-state index in [-0.39, 0.29) is 5.91 Å². The van der Waals surface area contributed by atoms with Crippen LogP contribution in [0.3, 0.4) is 0 Å². The van der Waals surface area contributed by atoms with Crippen molar-refractivity contribution in [3.05, 3.63) is 0 Å². The molecule has 1 atom stereocenters. The van der Waals surface area contributed by atoms with Gasteiger partial charge in [0.1, 0.15) is 0 Å². The third kappa shape index (κ3) is 2.57. The molecule has 1 unspecified atom stereocenters. The van der Waals surface area contributed by atoms with Crippen molar-refractivity contribution < 1.29 is 9.18 Å². The number of carbonyl (C=O) groups excluding carboxylic acids is 1. The summed E-state index contributed by atoms with van der Waals surface area (Å²) in [6.07, 6.45) is 3.21. The molecule has 1 saturated heterocycles. The van der Waals surface area contributed by atoms with Crippen LogP contribution in [0.5, 0.6) is 0 Å². The highest BCUT2D eigenvalue weighted by molar-refractivity contribution is 14.1. The standard InChI is InChI=1S/C7H11FINO/c8-6(9)7(11)10-4-2-1-3-5-10/h6H,1-5H2. The molecule has 0 aliphatic carbocycles. The maximum Gasteiger partial charge on any atom is 0.267 e. The molecule has 0 saturated carbocycles. The third-order valence-electron chi connectivity index (χ3n) is 1.85. The van der Waals surface area contributed by atoms with Crippen molar-refractivity contribution in [2.75, 3.05) is 13.1 Å². The largest absolute Gasteiger partial charge is 0.339 e. The number of rotatable bonds is 1. The summed E-state index contributed by atoms with van der Waals surface area (Å²) in [5, 5.41) is 0. The number of amides is 1. The zero-order valence-electron chi connectivity index (χ0n) is 6.22. The molecule has 0 aromatic carbocycles. The van der Waals surface area contributed by atoms with E-state index in [1.165, 1.54) is 29.0 Å². The lowest BCUT2D eigenvalue weighted by molar-refractivity contribution is -0.133. The Balaban J connectivity index is 2.39. The Morgan fingerprint density at radius 3 is 2.36 bits per heavy atom. The first kappa shape index (κ1) is 9.22. The summed E-state index contributed by atoms with van der Waals surface area (Å²) in [5.41, 5.74) is 0. The maximum atomic E-state index is 12.5. The van der Waals surface area contributed by atoms with Gasteiger partial charge in [-0.1, -0.05) is 0 Å². The molecule has 1 aliphatic rings. The van der Waals surface area contributed by atoms with Gasteiger partial charge < -0.3 is 4.90 Å². The summed E-state index contributed by atoms with van der Waals surface area (Å²) < 4.78 is 11.1. The molecule has 0 aromatic heterocycles. The van der Waals surface area contributed by atoms with Crippen LogP contribution in [0, 0.1) is 0 Å². The number of alkyl halides is 2. The second kappa shape index (κ2) is 4.23. The first-order valence-corrected chi connectivity index (χ1v) is 5.03. The van der Waals surface area contributed by atoms with Crippen LogP contribution in [0.15, 0.2) is 0 Å². The normalized spacial score (nSPS) is 21.5. The van der Waals surface area contributed by atoms with E-state index in [9.17, 15) is 9.18 Å². The minimum Gasteiger partial charge on any atom is -0.339 e. The zero-order chi connectivity index (χ0) is 8.27. The molecule has 0 radical (unpaired) electrons. The zero-order valence-corrected chi connectivity index (χ0v) is 8.38. The van der Waals surface area contributed by atoms with Gasteiger partial charge in [0.05, 0.1) is 0 Å². The summed E-state index contributed by atoms with van der Waals surface area (Å²) in [6.45, 7) is 1.48. The molecule has 64 valence electrons. The second-order valence-corrected chi connectivity index (χ2v) is 3.78. The smallest absolute Gasteiger partial charge is 0.267 e. The van der Waals surface area contributed by atoms with Crippen molar-refractivity contribution in [3.8, 4) is 0 Å². The van der Waals surface area contributed by atoms with Gasteiger partial charge in [0.2, 0.25) is 4.18 Å². The highest BCUT2D eigenvalue weighted by Crippen LogP contribution is 2.13. The molecule has 1 fully saturated rings. The molecule has 1 rings (SSSR count).